The Kier molecular flexibility index (Phi) is 6.77. The number of halogens is 1. The molecule has 30 heavy (non-hydrogen) atoms. The van der Waals surface area contributed by atoms with Gasteiger partial charge in [-0.2, -0.15) is 0 Å². The average Bonchev–Trinajstić information content (AvgIpc) is 3.35. The molecule has 1 saturated heterocycles. The van der Waals surface area contributed by atoms with Crippen LogP contribution in [0.1, 0.15) is 16.0 Å². The van der Waals surface area contributed by atoms with Gasteiger partial charge in [-0.1, -0.05) is 40.6 Å². The molecule has 9 heteroatoms. The molecule has 6 nitrogen and oxygen atoms in total. The number of thiophene rings is 1. The van der Waals surface area contributed by atoms with E-state index in [0.29, 0.717) is 16.9 Å². The van der Waals surface area contributed by atoms with Crippen molar-refractivity contribution in [2.24, 2.45) is 0 Å². The van der Waals surface area contributed by atoms with E-state index < -0.39 is 0 Å². The van der Waals surface area contributed by atoms with Crippen LogP contribution in [0.3, 0.4) is 0 Å². The minimum absolute atomic E-state index is 0.102. The van der Waals surface area contributed by atoms with E-state index in [1.54, 1.807) is 11.3 Å². The van der Waals surface area contributed by atoms with E-state index >= 15 is 0 Å². The Labute approximate surface area is 189 Å². The lowest BCUT2D eigenvalue weighted by Gasteiger charge is -2.34. The second-order valence-corrected chi connectivity index (χ2v) is 10.1. The predicted octanol–water partition coefficient (Wildman–Crippen LogP) is 4.50. The van der Waals surface area contributed by atoms with Gasteiger partial charge in [0.05, 0.1) is 10.1 Å². The van der Waals surface area contributed by atoms with Gasteiger partial charge in [-0.05, 0) is 38.1 Å². The van der Waals surface area contributed by atoms with Crippen LogP contribution in [-0.2, 0) is 11.3 Å². The van der Waals surface area contributed by atoms with Crippen LogP contribution in [0.25, 0.3) is 11.5 Å². The molecular weight excluding hydrogens is 440 g/mol. The fraction of sp³-hybridized carbons (Fsp3) is 0.381. The topological polar surface area (TPSA) is 62.5 Å². The molecule has 0 spiro atoms. The van der Waals surface area contributed by atoms with Crippen LogP contribution in [0.15, 0.2) is 40.0 Å². The van der Waals surface area contributed by atoms with Crippen molar-refractivity contribution in [2.75, 3.05) is 31.9 Å². The Balaban J connectivity index is 1.26. The summed E-state index contributed by atoms with van der Waals surface area (Å²) >= 11 is 8.91. The van der Waals surface area contributed by atoms with E-state index in [-0.39, 0.29) is 5.91 Å². The summed E-state index contributed by atoms with van der Waals surface area (Å²) in [5.41, 5.74) is 3.20. The fourth-order valence-electron chi connectivity index (χ4n) is 3.51. The summed E-state index contributed by atoms with van der Waals surface area (Å²) in [4.78, 5) is 18.1. The first-order valence-electron chi connectivity index (χ1n) is 9.75. The first-order chi connectivity index (χ1) is 14.5. The Morgan fingerprint density at radius 1 is 1.13 bits per heavy atom. The van der Waals surface area contributed by atoms with Gasteiger partial charge < -0.3 is 9.32 Å². The molecule has 1 amide bonds. The SMILES string of the molecule is Cc1cc(C)cc(-c2nnc(SCC(=O)N3CCN(Cc4ccc(Cl)s4)CC3)o2)c1. The first kappa shape index (κ1) is 21.4. The number of amides is 1. The monoisotopic (exact) mass is 462 g/mol. The maximum atomic E-state index is 12.6. The molecule has 0 bridgehead atoms. The molecule has 3 heterocycles. The molecule has 1 aromatic carbocycles. The number of benzene rings is 1. The lowest BCUT2D eigenvalue weighted by Crippen LogP contribution is -2.48. The molecule has 1 aliphatic rings. The third kappa shape index (κ3) is 5.43. The van der Waals surface area contributed by atoms with Crippen LogP contribution in [0.2, 0.25) is 4.34 Å². The van der Waals surface area contributed by atoms with Crippen LogP contribution < -0.4 is 0 Å². The van der Waals surface area contributed by atoms with Crippen LogP contribution in [0.4, 0.5) is 0 Å². The quantitative estimate of drug-likeness (QED) is 0.502. The van der Waals surface area contributed by atoms with E-state index in [0.717, 1.165) is 53.8 Å². The van der Waals surface area contributed by atoms with E-state index in [1.807, 2.05) is 36.9 Å². The minimum Gasteiger partial charge on any atom is -0.411 e. The number of thioether (sulfide) groups is 1. The smallest absolute Gasteiger partial charge is 0.277 e. The number of aromatic nitrogens is 2. The Bertz CT molecular complexity index is 1010. The number of hydrogen-bond donors (Lipinski definition) is 0. The third-order valence-corrected chi connectivity index (χ3v) is 6.95. The first-order valence-corrected chi connectivity index (χ1v) is 11.9. The summed E-state index contributed by atoms with van der Waals surface area (Å²) in [5.74, 6) is 0.888. The largest absolute Gasteiger partial charge is 0.411 e. The van der Waals surface area contributed by atoms with Crippen molar-refractivity contribution in [2.45, 2.75) is 25.6 Å². The molecule has 3 aromatic rings. The zero-order valence-electron chi connectivity index (χ0n) is 16.9. The predicted molar refractivity (Wildman–Crippen MR) is 121 cm³/mol. The van der Waals surface area contributed by atoms with Gasteiger partial charge in [-0.3, -0.25) is 9.69 Å². The maximum Gasteiger partial charge on any atom is 0.277 e. The normalized spacial score (nSPS) is 15.0. The fourth-order valence-corrected chi connectivity index (χ4v) is 5.31. The standard InChI is InChI=1S/C21H23ClN4O2S2/c1-14-9-15(2)11-16(10-14)20-23-24-21(28-20)29-13-19(27)26-7-5-25(6-8-26)12-17-3-4-18(22)30-17/h3-4,9-11H,5-8,12-13H2,1-2H3. The number of nitrogens with zero attached hydrogens (tertiary/aromatic N) is 4. The highest BCUT2D eigenvalue weighted by molar-refractivity contribution is 7.99. The Hall–Kier alpha value is -1.87. The molecule has 158 valence electrons. The van der Waals surface area contributed by atoms with Crippen LogP contribution >= 0.6 is 34.7 Å². The van der Waals surface area contributed by atoms with Crippen LogP contribution in [-0.4, -0.2) is 57.8 Å². The number of carbonyl (C=O) groups is 1. The molecule has 0 N–H and O–H groups in total. The number of hydrogen-bond acceptors (Lipinski definition) is 7. The number of carbonyl (C=O) groups excluding carboxylic acids is 1. The highest BCUT2D eigenvalue weighted by Gasteiger charge is 2.22. The summed E-state index contributed by atoms with van der Waals surface area (Å²) in [5, 5.41) is 8.64. The zero-order chi connectivity index (χ0) is 21.1. The summed E-state index contributed by atoms with van der Waals surface area (Å²) < 4.78 is 6.57. The molecule has 0 atom stereocenters. The highest BCUT2D eigenvalue weighted by Crippen LogP contribution is 2.26. The highest BCUT2D eigenvalue weighted by atomic mass is 35.5. The summed E-state index contributed by atoms with van der Waals surface area (Å²) in [7, 11) is 0. The van der Waals surface area contributed by atoms with Crippen molar-refractivity contribution in [3.8, 4) is 11.5 Å². The number of aryl methyl sites for hydroxylation is 2. The number of rotatable bonds is 6. The molecule has 0 radical (unpaired) electrons. The lowest BCUT2D eigenvalue weighted by atomic mass is 10.1. The lowest BCUT2D eigenvalue weighted by molar-refractivity contribution is -0.130. The van der Waals surface area contributed by atoms with Crippen molar-refractivity contribution in [1.29, 1.82) is 0 Å². The molecule has 1 fully saturated rings. The van der Waals surface area contributed by atoms with E-state index in [2.05, 4.69) is 27.2 Å². The summed E-state index contributed by atoms with van der Waals surface area (Å²) in [6.07, 6.45) is 0. The molecule has 2 aromatic heterocycles. The van der Waals surface area contributed by atoms with Gasteiger partial charge in [-0.25, -0.2) is 0 Å². The van der Waals surface area contributed by atoms with Gasteiger partial charge in [0.2, 0.25) is 11.8 Å². The van der Waals surface area contributed by atoms with Gasteiger partial charge in [-0.15, -0.1) is 21.5 Å². The van der Waals surface area contributed by atoms with Gasteiger partial charge in [0, 0.05) is 43.2 Å². The molecular formula is C21H23ClN4O2S2. The van der Waals surface area contributed by atoms with Crippen molar-refractivity contribution < 1.29 is 9.21 Å². The molecule has 4 rings (SSSR count). The van der Waals surface area contributed by atoms with Crippen LogP contribution in [0, 0.1) is 13.8 Å². The molecule has 1 aliphatic heterocycles. The summed E-state index contributed by atoms with van der Waals surface area (Å²) in [6.45, 7) is 8.16. The van der Waals surface area contributed by atoms with Crippen molar-refractivity contribution in [3.63, 3.8) is 0 Å². The van der Waals surface area contributed by atoms with Crippen molar-refractivity contribution in [1.82, 2.24) is 20.0 Å². The second-order valence-electron chi connectivity index (χ2n) is 7.40. The van der Waals surface area contributed by atoms with Gasteiger partial charge in [0.15, 0.2) is 0 Å². The van der Waals surface area contributed by atoms with Crippen LogP contribution in [0.5, 0.6) is 0 Å². The Morgan fingerprint density at radius 2 is 1.87 bits per heavy atom. The molecule has 0 unspecified atom stereocenters. The van der Waals surface area contributed by atoms with E-state index in [1.165, 1.54) is 16.6 Å². The van der Waals surface area contributed by atoms with Crippen molar-refractivity contribution in [3.05, 3.63) is 50.7 Å². The third-order valence-electron chi connectivity index (χ3n) is 4.93. The van der Waals surface area contributed by atoms with Gasteiger partial charge in [0.25, 0.3) is 5.22 Å². The second kappa shape index (κ2) is 9.51. The van der Waals surface area contributed by atoms with Gasteiger partial charge in [0.1, 0.15) is 0 Å². The Morgan fingerprint density at radius 3 is 2.53 bits per heavy atom. The van der Waals surface area contributed by atoms with E-state index in [9.17, 15) is 4.79 Å². The summed E-state index contributed by atoms with van der Waals surface area (Å²) in [6, 6.07) is 10.1. The van der Waals surface area contributed by atoms with Gasteiger partial charge >= 0.3 is 0 Å². The van der Waals surface area contributed by atoms with Crippen molar-refractivity contribution >= 4 is 40.6 Å². The molecule has 0 aliphatic carbocycles. The number of piperazine rings is 1. The molecule has 0 saturated carbocycles. The minimum atomic E-state index is 0.102. The van der Waals surface area contributed by atoms with E-state index in [4.69, 9.17) is 16.0 Å². The maximum absolute atomic E-state index is 12.6. The average molecular weight is 463 g/mol. The zero-order valence-corrected chi connectivity index (χ0v) is 19.3.